The average molecular weight is 471 g/mol. The zero-order valence-corrected chi connectivity index (χ0v) is 20.4. The van der Waals surface area contributed by atoms with Crippen molar-refractivity contribution in [2.24, 2.45) is 5.92 Å². The van der Waals surface area contributed by atoms with Crippen molar-refractivity contribution in [1.82, 2.24) is 10.2 Å². The highest BCUT2D eigenvalue weighted by atomic mass is 16.5. The molecule has 1 aliphatic rings. The molecule has 184 valence electrons. The molecular formula is C25H34N4O5. The number of nitrogens with one attached hydrogen (secondary N) is 3. The molecule has 0 aromatic heterocycles. The standard InChI is InChI=1S/C25H34N4O5/c1-16-13-26-17(2)15-34-22-11-8-19(12-21(22)24(30)29(3)14-23(16)33-5)28-25(31)27-18-6-9-20(32-4)10-7-18/h6-12,16-17,23,26H,13-15H2,1-5H3,(H2,27,28,31)/t16-,17+,23+/m1/s1. The molecule has 0 fully saturated rings. The second-order valence-electron chi connectivity index (χ2n) is 8.58. The Hall–Kier alpha value is -3.30. The van der Waals surface area contributed by atoms with Crippen LogP contribution in [0.3, 0.4) is 0 Å². The van der Waals surface area contributed by atoms with Crippen molar-refractivity contribution < 1.29 is 23.8 Å². The lowest BCUT2D eigenvalue weighted by atomic mass is 10.0. The zero-order chi connectivity index (χ0) is 24.7. The molecule has 0 radical (unpaired) electrons. The number of methoxy groups -OCH3 is 2. The first-order valence-electron chi connectivity index (χ1n) is 11.3. The van der Waals surface area contributed by atoms with Crippen molar-refractivity contribution in [3.8, 4) is 11.5 Å². The number of nitrogens with zero attached hydrogens (tertiary/aromatic N) is 1. The molecule has 1 aliphatic heterocycles. The quantitative estimate of drug-likeness (QED) is 0.633. The Morgan fingerprint density at radius 1 is 1.09 bits per heavy atom. The molecule has 3 N–H and O–H groups in total. The van der Waals surface area contributed by atoms with E-state index in [2.05, 4.69) is 22.9 Å². The lowest BCUT2D eigenvalue weighted by molar-refractivity contribution is 0.0281. The minimum atomic E-state index is -0.425. The summed E-state index contributed by atoms with van der Waals surface area (Å²) in [5, 5.41) is 9.00. The number of benzene rings is 2. The van der Waals surface area contributed by atoms with Crippen LogP contribution in [0.15, 0.2) is 42.5 Å². The van der Waals surface area contributed by atoms with Gasteiger partial charge in [0.25, 0.3) is 5.91 Å². The van der Waals surface area contributed by atoms with E-state index >= 15 is 0 Å². The Morgan fingerprint density at radius 3 is 2.44 bits per heavy atom. The maximum atomic E-state index is 13.3. The number of anilines is 2. The molecule has 0 unspecified atom stereocenters. The fourth-order valence-electron chi connectivity index (χ4n) is 3.71. The Bertz CT molecular complexity index is 982. The summed E-state index contributed by atoms with van der Waals surface area (Å²) in [6, 6.07) is 11.7. The SMILES string of the molecule is COc1ccc(NC(=O)Nc2ccc3c(c2)C(=O)N(C)C[C@H](OC)[C@H](C)CN[C@@H](C)CO3)cc1. The smallest absolute Gasteiger partial charge is 0.323 e. The molecule has 0 aliphatic carbocycles. The van der Waals surface area contributed by atoms with Crippen molar-refractivity contribution in [1.29, 1.82) is 0 Å². The van der Waals surface area contributed by atoms with Crippen molar-refractivity contribution in [3.63, 3.8) is 0 Å². The van der Waals surface area contributed by atoms with E-state index in [1.165, 1.54) is 0 Å². The van der Waals surface area contributed by atoms with Gasteiger partial charge in [-0.25, -0.2) is 4.79 Å². The maximum Gasteiger partial charge on any atom is 0.323 e. The van der Waals surface area contributed by atoms with Crippen LogP contribution in [0.2, 0.25) is 0 Å². The lowest BCUT2D eigenvalue weighted by Crippen LogP contribution is -2.44. The van der Waals surface area contributed by atoms with Crippen LogP contribution in [0, 0.1) is 5.92 Å². The third kappa shape index (κ3) is 6.61. The van der Waals surface area contributed by atoms with Gasteiger partial charge in [-0.15, -0.1) is 0 Å². The van der Waals surface area contributed by atoms with Crippen LogP contribution in [0.5, 0.6) is 11.5 Å². The molecule has 3 atom stereocenters. The Balaban J connectivity index is 1.79. The van der Waals surface area contributed by atoms with E-state index in [-0.39, 0.29) is 24.0 Å². The van der Waals surface area contributed by atoms with Gasteiger partial charge in [0.1, 0.15) is 18.1 Å². The largest absolute Gasteiger partial charge is 0.497 e. The molecule has 2 aromatic rings. The van der Waals surface area contributed by atoms with E-state index in [4.69, 9.17) is 14.2 Å². The van der Waals surface area contributed by atoms with Crippen LogP contribution in [0.1, 0.15) is 24.2 Å². The molecule has 0 saturated carbocycles. The van der Waals surface area contributed by atoms with Gasteiger partial charge >= 0.3 is 6.03 Å². The van der Waals surface area contributed by atoms with E-state index in [1.807, 2.05) is 6.92 Å². The number of carbonyl (C=O) groups is 2. The first kappa shape index (κ1) is 25.3. The molecule has 0 spiro atoms. The number of fused-ring (bicyclic) bond motifs is 1. The van der Waals surface area contributed by atoms with Crippen molar-refractivity contribution in [2.75, 3.05) is 51.6 Å². The van der Waals surface area contributed by atoms with E-state index in [0.29, 0.717) is 41.6 Å². The van der Waals surface area contributed by atoms with E-state index < -0.39 is 6.03 Å². The first-order chi connectivity index (χ1) is 16.3. The summed E-state index contributed by atoms with van der Waals surface area (Å²) in [5.74, 6) is 1.17. The summed E-state index contributed by atoms with van der Waals surface area (Å²) < 4.78 is 16.8. The van der Waals surface area contributed by atoms with Crippen LogP contribution in [0.4, 0.5) is 16.2 Å². The minimum absolute atomic E-state index is 0.0909. The Kier molecular flexibility index (Phi) is 8.72. The van der Waals surface area contributed by atoms with Gasteiger partial charge in [-0.3, -0.25) is 4.79 Å². The Labute approximate surface area is 200 Å². The van der Waals surface area contributed by atoms with Gasteiger partial charge in [0.15, 0.2) is 0 Å². The Morgan fingerprint density at radius 2 is 1.76 bits per heavy atom. The predicted molar refractivity (Wildman–Crippen MR) is 132 cm³/mol. The summed E-state index contributed by atoms with van der Waals surface area (Å²) in [4.78, 5) is 27.5. The molecule has 9 heteroatoms. The summed E-state index contributed by atoms with van der Waals surface area (Å²) >= 11 is 0. The fourth-order valence-corrected chi connectivity index (χ4v) is 3.71. The molecule has 2 aromatic carbocycles. The summed E-state index contributed by atoms with van der Waals surface area (Å²) in [6.45, 7) is 5.72. The third-order valence-corrected chi connectivity index (χ3v) is 5.83. The summed E-state index contributed by atoms with van der Waals surface area (Å²) in [7, 11) is 4.98. The highest BCUT2D eigenvalue weighted by Crippen LogP contribution is 2.26. The van der Waals surface area contributed by atoms with Crippen molar-refractivity contribution in [2.45, 2.75) is 26.0 Å². The highest BCUT2D eigenvalue weighted by molar-refractivity contribution is 6.02. The number of urea groups is 1. The predicted octanol–water partition coefficient (Wildman–Crippen LogP) is 3.43. The van der Waals surface area contributed by atoms with Gasteiger partial charge in [0.05, 0.1) is 18.8 Å². The van der Waals surface area contributed by atoms with Crippen LogP contribution >= 0.6 is 0 Å². The van der Waals surface area contributed by atoms with E-state index in [1.54, 1.807) is 68.6 Å². The van der Waals surface area contributed by atoms with Gasteiger partial charge in [0.2, 0.25) is 0 Å². The number of amides is 3. The zero-order valence-electron chi connectivity index (χ0n) is 20.4. The van der Waals surface area contributed by atoms with Crippen molar-refractivity contribution in [3.05, 3.63) is 48.0 Å². The topological polar surface area (TPSA) is 101 Å². The van der Waals surface area contributed by atoms with E-state index in [0.717, 1.165) is 6.54 Å². The number of rotatable bonds is 4. The van der Waals surface area contributed by atoms with Crippen LogP contribution in [-0.4, -0.2) is 69.9 Å². The van der Waals surface area contributed by atoms with Crippen LogP contribution in [0.25, 0.3) is 0 Å². The van der Waals surface area contributed by atoms with Crippen LogP contribution < -0.4 is 25.4 Å². The number of hydrogen-bond acceptors (Lipinski definition) is 6. The first-order valence-corrected chi connectivity index (χ1v) is 11.3. The molecule has 0 bridgehead atoms. The molecule has 0 saturated heterocycles. The van der Waals surface area contributed by atoms with Crippen molar-refractivity contribution >= 4 is 23.3 Å². The number of carbonyl (C=O) groups excluding carboxylic acids is 2. The van der Waals surface area contributed by atoms with E-state index in [9.17, 15) is 9.59 Å². The molecule has 3 rings (SSSR count). The monoisotopic (exact) mass is 470 g/mol. The maximum absolute atomic E-state index is 13.3. The second-order valence-corrected chi connectivity index (χ2v) is 8.58. The van der Waals surface area contributed by atoms with Gasteiger partial charge < -0.3 is 35.1 Å². The lowest BCUT2D eigenvalue weighted by Gasteiger charge is -2.30. The summed E-state index contributed by atoms with van der Waals surface area (Å²) in [6.07, 6.45) is -0.117. The molecule has 3 amide bonds. The average Bonchev–Trinajstić information content (AvgIpc) is 2.84. The minimum Gasteiger partial charge on any atom is -0.497 e. The van der Waals surface area contributed by atoms with Gasteiger partial charge in [-0.05, 0) is 55.3 Å². The summed E-state index contributed by atoms with van der Waals surface area (Å²) in [5.41, 5.74) is 1.47. The molecule has 1 heterocycles. The van der Waals surface area contributed by atoms with Gasteiger partial charge in [-0.2, -0.15) is 0 Å². The normalized spacial score (nSPS) is 21.4. The van der Waals surface area contributed by atoms with Crippen LogP contribution in [-0.2, 0) is 4.74 Å². The number of hydrogen-bond donors (Lipinski definition) is 3. The second kappa shape index (κ2) is 11.7. The highest BCUT2D eigenvalue weighted by Gasteiger charge is 2.25. The van der Waals surface area contributed by atoms with Gasteiger partial charge in [-0.1, -0.05) is 6.92 Å². The molecule has 34 heavy (non-hydrogen) atoms. The third-order valence-electron chi connectivity index (χ3n) is 5.83. The molecule has 9 nitrogen and oxygen atoms in total. The number of likely N-dealkylation sites (N-methyl/N-ethyl adjacent to an activating group) is 1. The fraction of sp³-hybridized carbons (Fsp3) is 0.440. The number of ether oxygens (including phenoxy) is 3. The van der Waals surface area contributed by atoms with Gasteiger partial charge in [0, 0.05) is 44.7 Å². The molecular weight excluding hydrogens is 436 g/mol.